The summed E-state index contributed by atoms with van der Waals surface area (Å²) in [4.78, 5) is 34.6. The third kappa shape index (κ3) is 3.23. The van der Waals surface area contributed by atoms with Gasteiger partial charge in [0.15, 0.2) is 5.65 Å². The van der Waals surface area contributed by atoms with Gasteiger partial charge in [0.25, 0.3) is 0 Å². The molecule has 1 fully saturated rings. The Bertz CT molecular complexity index is 1070. The van der Waals surface area contributed by atoms with Crippen molar-refractivity contribution in [3.8, 4) is 0 Å². The summed E-state index contributed by atoms with van der Waals surface area (Å²) in [5.74, 6) is 0.305. The molecular weight excluding hydrogens is 549 g/mol. The van der Waals surface area contributed by atoms with Crippen LogP contribution in [-0.4, -0.2) is 47.8 Å². The normalized spacial score (nSPS) is 19.9. The number of fused-ring (bicyclic) bond motifs is 3. The predicted molar refractivity (Wildman–Crippen MR) is 113 cm³/mol. The summed E-state index contributed by atoms with van der Waals surface area (Å²) in [7, 11) is 1.53. The van der Waals surface area contributed by atoms with Gasteiger partial charge in [-0.3, -0.25) is 18.0 Å². The van der Waals surface area contributed by atoms with E-state index in [4.69, 9.17) is 9.72 Å². The Morgan fingerprint density at radius 3 is 2.81 bits per heavy atom. The molecule has 3 aromatic heterocycles. The molecule has 4 heterocycles. The second kappa shape index (κ2) is 7.24. The number of ether oxygens (including phenoxy) is 1. The van der Waals surface area contributed by atoms with Gasteiger partial charge in [-0.05, 0) is 22.0 Å². The number of carbonyl (C=O) groups is 2. The first-order valence-electron chi connectivity index (χ1n) is 8.18. The van der Waals surface area contributed by atoms with E-state index in [2.05, 4.69) is 42.1 Å². The molecule has 27 heavy (non-hydrogen) atoms. The minimum atomic E-state index is -0.346. The molecule has 0 aromatic carbocycles. The Labute approximate surface area is 179 Å². The number of hydrogen-bond acceptors (Lipinski definition) is 6. The van der Waals surface area contributed by atoms with Crippen molar-refractivity contribution in [3.63, 3.8) is 0 Å². The summed E-state index contributed by atoms with van der Waals surface area (Å²) < 4.78 is 10.0. The Balaban J connectivity index is 1.88. The van der Waals surface area contributed by atoms with Crippen LogP contribution >= 0.6 is 46.3 Å². The molecule has 0 spiro atoms. The molecule has 0 radical (unpaired) electrons. The smallest absolute Gasteiger partial charge is 0.302 e. The number of amides is 1. The van der Waals surface area contributed by atoms with Gasteiger partial charge in [0.2, 0.25) is 5.91 Å². The van der Waals surface area contributed by atoms with Gasteiger partial charge in [0.1, 0.15) is 16.5 Å². The molecule has 0 aliphatic carbocycles. The van der Waals surface area contributed by atoms with Crippen molar-refractivity contribution in [3.05, 3.63) is 28.9 Å². The molecular formula is C16H15BrIN5O3S. The number of carbonyl (C=O) groups excluding carboxylic acids is 2. The lowest BCUT2D eigenvalue weighted by molar-refractivity contribution is -0.146. The third-order valence-electron chi connectivity index (χ3n) is 4.62. The molecule has 2 unspecified atom stereocenters. The fraction of sp³-hybridized carbons (Fsp3) is 0.375. The van der Waals surface area contributed by atoms with Gasteiger partial charge in [0.05, 0.1) is 29.8 Å². The third-order valence-corrected chi connectivity index (χ3v) is 6.92. The average molecular weight is 564 g/mol. The van der Waals surface area contributed by atoms with Gasteiger partial charge in [-0.1, -0.05) is 0 Å². The highest BCUT2D eigenvalue weighted by molar-refractivity contribution is 14.2. The number of hydrogen-bond donors (Lipinski definition) is 0. The molecule has 4 rings (SSSR count). The molecule has 11 heteroatoms. The van der Waals surface area contributed by atoms with Crippen LogP contribution in [0.2, 0.25) is 0 Å². The number of rotatable bonds is 3. The van der Waals surface area contributed by atoms with E-state index in [0.717, 1.165) is 22.5 Å². The highest BCUT2D eigenvalue weighted by Gasteiger charge is 2.39. The van der Waals surface area contributed by atoms with Gasteiger partial charge in [-0.2, -0.15) is 0 Å². The lowest BCUT2D eigenvalue weighted by Gasteiger charge is -2.21. The Morgan fingerprint density at radius 2 is 2.15 bits per heavy atom. The molecule has 1 aliphatic heterocycles. The maximum Gasteiger partial charge on any atom is 0.302 e. The van der Waals surface area contributed by atoms with Crippen molar-refractivity contribution in [1.29, 1.82) is 0 Å². The summed E-state index contributed by atoms with van der Waals surface area (Å²) >= 11 is 5.72. The Morgan fingerprint density at radius 1 is 1.37 bits per heavy atom. The quantitative estimate of drug-likeness (QED) is 0.358. The summed E-state index contributed by atoms with van der Waals surface area (Å²) in [6.07, 6.45) is 3.89. The number of aromatic nitrogens is 4. The molecule has 0 N–H and O–H groups in total. The molecule has 2 atom stereocenters. The fourth-order valence-corrected chi connectivity index (χ4v) is 5.32. The molecule has 8 nitrogen and oxygen atoms in total. The molecule has 1 amide bonds. The summed E-state index contributed by atoms with van der Waals surface area (Å²) in [6, 6.07) is 1.70. The zero-order valence-electron chi connectivity index (χ0n) is 14.4. The number of esters is 1. The zero-order chi connectivity index (χ0) is 19.3. The van der Waals surface area contributed by atoms with E-state index in [-0.39, 0.29) is 24.0 Å². The highest BCUT2D eigenvalue weighted by Crippen LogP contribution is 2.37. The standard InChI is InChI=1S/C16H15BrIN5O3S/c1-8(24)21-7-10(26-9(2)25)5-12(21)16-20-14(17)13-6-19-15-11(23(13)16)3-4-22(15)27-18/h3-4,6,10,12H,5,7H2,1-2H3. The second-order valence-electron chi connectivity index (χ2n) is 6.31. The maximum atomic E-state index is 12.2. The van der Waals surface area contributed by atoms with Crippen molar-refractivity contribution in [2.45, 2.75) is 32.4 Å². The lowest BCUT2D eigenvalue weighted by Crippen LogP contribution is -2.31. The van der Waals surface area contributed by atoms with Crippen LogP contribution in [-0.2, 0) is 14.3 Å². The minimum absolute atomic E-state index is 0.0757. The first-order valence-corrected chi connectivity index (χ1v) is 12.3. The second-order valence-corrected chi connectivity index (χ2v) is 8.78. The largest absolute Gasteiger partial charge is 0.461 e. The SMILES string of the molecule is CC(=O)OC1CC(c2nc(Br)c3cnc4c(ccn4SI)n23)N(C(C)=O)C1. The number of halogens is 2. The van der Waals surface area contributed by atoms with E-state index in [9.17, 15) is 9.59 Å². The van der Waals surface area contributed by atoms with Crippen molar-refractivity contribution in [2.24, 2.45) is 0 Å². The monoisotopic (exact) mass is 563 g/mol. The van der Waals surface area contributed by atoms with E-state index in [1.54, 1.807) is 11.1 Å². The fourth-order valence-electron chi connectivity index (χ4n) is 3.59. The van der Waals surface area contributed by atoms with Crippen LogP contribution in [0.3, 0.4) is 0 Å². The minimum Gasteiger partial charge on any atom is -0.461 e. The number of likely N-dealkylation sites (tertiary alicyclic amines) is 1. The van der Waals surface area contributed by atoms with Crippen LogP contribution in [0.1, 0.15) is 32.1 Å². The lowest BCUT2D eigenvalue weighted by atomic mass is 10.2. The van der Waals surface area contributed by atoms with Crippen LogP contribution in [0.5, 0.6) is 0 Å². The van der Waals surface area contributed by atoms with Crippen LogP contribution in [0.25, 0.3) is 16.7 Å². The van der Waals surface area contributed by atoms with Crippen LogP contribution in [0, 0.1) is 0 Å². The van der Waals surface area contributed by atoms with Gasteiger partial charge in [-0.25, -0.2) is 9.97 Å². The van der Waals surface area contributed by atoms with E-state index in [1.807, 2.05) is 20.6 Å². The van der Waals surface area contributed by atoms with Gasteiger partial charge in [0, 0.05) is 56.8 Å². The molecule has 0 saturated carbocycles. The van der Waals surface area contributed by atoms with E-state index >= 15 is 0 Å². The summed E-state index contributed by atoms with van der Waals surface area (Å²) in [6.45, 7) is 3.27. The van der Waals surface area contributed by atoms with E-state index in [1.165, 1.54) is 23.0 Å². The molecule has 142 valence electrons. The number of nitrogens with zero attached hydrogens (tertiary/aromatic N) is 5. The molecule has 1 aliphatic rings. The van der Waals surface area contributed by atoms with Crippen LogP contribution < -0.4 is 0 Å². The predicted octanol–water partition coefficient (Wildman–Crippen LogP) is 3.52. The van der Waals surface area contributed by atoms with Crippen molar-refractivity contribution in [2.75, 3.05) is 6.54 Å². The Hall–Kier alpha value is -1.34. The first-order chi connectivity index (χ1) is 12.9. The van der Waals surface area contributed by atoms with Gasteiger partial charge >= 0.3 is 5.97 Å². The topological polar surface area (TPSA) is 81.7 Å². The van der Waals surface area contributed by atoms with Gasteiger partial charge in [-0.15, -0.1) is 0 Å². The highest BCUT2D eigenvalue weighted by atomic mass is 127. The molecule has 1 saturated heterocycles. The molecule has 0 bridgehead atoms. The van der Waals surface area contributed by atoms with E-state index < -0.39 is 0 Å². The zero-order valence-corrected chi connectivity index (χ0v) is 19.0. The average Bonchev–Trinajstić information content (AvgIpc) is 3.29. The maximum absolute atomic E-state index is 12.2. The Kier molecular flexibility index (Phi) is 5.10. The van der Waals surface area contributed by atoms with Crippen LogP contribution in [0.4, 0.5) is 0 Å². The summed E-state index contributed by atoms with van der Waals surface area (Å²) in [5, 5.41) is 0. The van der Waals surface area contributed by atoms with E-state index in [0.29, 0.717) is 17.6 Å². The number of imidazole rings is 1. The van der Waals surface area contributed by atoms with Gasteiger partial charge < -0.3 is 9.64 Å². The van der Waals surface area contributed by atoms with Crippen molar-refractivity contribution < 1.29 is 14.3 Å². The van der Waals surface area contributed by atoms with Crippen LogP contribution in [0.15, 0.2) is 23.1 Å². The van der Waals surface area contributed by atoms with Crippen molar-refractivity contribution in [1.82, 2.24) is 23.2 Å². The summed E-state index contributed by atoms with van der Waals surface area (Å²) in [5.41, 5.74) is 2.55. The first kappa shape index (κ1) is 19.0. The molecule has 3 aromatic rings. The van der Waals surface area contributed by atoms with Crippen molar-refractivity contribution >= 4 is 74.8 Å².